The normalized spacial score (nSPS) is 20.6. The average Bonchev–Trinajstić information content (AvgIpc) is 2.84. The molecule has 2 rings (SSSR count). The van der Waals surface area contributed by atoms with Gasteiger partial charge >= 0.3 is 0 Å². The third-order valence-corrected chi connectivity index (χ3v) is 3.37. The molecule has 1 atom stereocenters. The summed E-state index contributed by atoms with van der Waals surface area (Å²) in [6.07, 6.45) is 1.43. The fourth-order valence-electron chi connectivity index (χ4n) is 1.94. The van der Waals surface area contributed by atoms with Gasteiger partial charge in [0.2, 0.25) is 0 Å². The van der Waals surface area contributed by atoms with E-state index in [0.717, 1.165) is 18.4 Å². The number of rotatable bonds is 2. The number of halogens is 2. The molecule has 0 amide bonds. The molecule has 1 saturated carbocycles. The second kappa shape index (κ2) is 3.21. The quantitative estimate of drug-likeness (QED) is 0.803. The number of aliphatic hydroxyl groups is 1. The molecule has 1 unspecified atom stereocenters. The first kappa shape index (κ1) is 9.94. The zero-order valence-electron chi connectivity index (χ0n) is 7.93. The summed E-state index contributed by atoms with van der Waals surface area (Å²) in [6, 6.07) is 4.38. The van der Waals surface area contributed by atoms with Crippen LogP contribution in [0.15, 0.2) is 18.2 Å². The Morgan fingerprint density at radius 2 is 2.14 bits per heavy atom. The van der Waals surface area contributed by atoms with Crippen LogP contribution in [-0.2, 0) is 5.41 Å². The predicted molar refractivity (Wildman–Crippen MR) is 54.0 cm³/mol. The van der Waals surface area contributed by atoms with E-state index in [1.165, 1.54) is 12.1 Å². The van der Waals surface area contributed by atoms with Crippen molar-refractivity contribution in [3.05, 3.63) is 34.6 Å². The molecule has 3 heteroatoms. The van der Waals surface area contributed by atoms with Crippen LogP contribution in [0.4, 0.5) is 4.39 Å². The van der Waals surface area contributed by atoms with E-state index >= 15 is 0 Å². The van der Waals surface area contributed by atoms with Gasteiger partial charge in [-0.1, -0.05) is 17.7 Å². The van der Waals surface area contributed by atoms with Crippen molar-refractivity contribution in [1.82, 2.24) is 0 Å². The van der Waals surface area contributed by atoms with Gasteiger partial charge in [-0.25, -0.2) is 4.39 Å². The second-order valence-corrected chi connectivity index (χ2v) is 4.36. The van der Waals surface area contributed by atoms with E-state index in [2.05, 4.69) is 0 Å². The van der Waals surface area contributed by atoms with Crippen molar-refractivity contribution in [3.63, 3.8) is 0 Å². The smallest absolute Gasteiger partial charge is 0.124 e. The van der Waals surface area contributed by atoms with Crippen molar-refractivity contribution in [3.8, 4) is 0 Å². The lowest BCUT2D eigenvalue weighted by Gasteiger charge is -2.20. The first-order valence-electron chi connectivity index (χ1n) is 4.70. The average molecular weight is 215 g/mol. The van der Waals surface area contributed by atoms with Gasteiger partial charge in [0.25, 0.3) is 0 Å². The molecule has 0 bridgehead atoms. The van der Waals surface area contributed by atoms with Gasteiger partial charge < -0.3 is 5.11 Å². The van der Waals surface area contributed by atoms with E-state index in [1.807, 2.05) is 0 Å². The van der Waals surface area contributed by atoms with Crippen molar-refractivity contribution in [1.29, 1.82) is 0 Å². The number of hydrogen-bond donors (Lipinski definition) is 1. The number of aliphatic hydroxyl groups excluding tert-OH is 1. The standard InChI is InChI=1S/C11H12ClFO/c1-7(14)11(4-5-11)9-3-2-8(13)6-10(9)12/h2-3,6-7,14H,4-5H2,1H3. The van der Waals surface area contributed by atoms with E-state index < -0.39 is 6.10 Å². The van der Waals surface area contributed by atoms with E-state index in [1.54, 1.807) is 13.0 Å². The topological polar surface area (TPSA) is 20.2 Å². The Bertz CT molecular complexity index is 358. The Morgan fingerprint density at radius 1 is 1.50 bits per heavy atom. The SMILES string of the molecule is CC(O)C1(c2ccc(F)cc2Cl)CC1. The highest BCUT2D eigenvalue weighted by molar-refractivity contribution is 6.31. The highest BCUT2D eigenvalue weighted by atomic mass is 35.5. The van der Waals surface area contributed by atoms with Gasteiger partial charge in [0, 0.05) is 10.4 Å². The maximum Gasteiger partial charge on any atom is 0.124 e. The summed E-state index contributed by atoms with van der Waals surface area (Å²) in [5.41, 5.74) is 0.653. The molecule has 0 spiro atoms. The molecule has 0 aliphatic heterocycles. The Hall–Kier alpha value is -0.600. The Morgan fingerprint density at radius 3 is 2.57 bits per heavy atom. The summed E-state index contributed by atoms with van der Waals surface area (Å²) < 4.78 is 12.8. The molecule has 1 aromatic carbocycles. The van der Waals surface area contributed by atoms with Crippen molar-refractivity contribution in [2.75, 3.05) is 0 Å². The lowest BCUT2D eigenvalue weighted by molar-refractivity contribution is 0.150. The van der Waals surface area contributed by atoms with Crippen LogP contribution < -0.4 is 0 Å². The van der Waals surface area contributed by atoms with Gasteiger partial charge in [-0.05, 0) is 37.5 Å². The fourth-order valence-corrected chi connectivity index (χ4v) is 2.30. The van der Waals surface area contributed by atoms with Crippen molar-refractivity contribution < 1.29 is 9.50 Å². The van der Waals surface area contributed by atoms with E-state index in [-0.39, 0.29) is 11.2 Å². The molecule has 1 fully saturated rings. The lowest BCUT2D eigenvalue weighted by Crippen LogP contribution is -2.22. The molecule has 0 saturated heterocycles. The van der Waals surface area contributed by atoms with Gasteiger partial charge in [0.1, 0.15) is 5.82 Å². The highest BCUT2D eigenvalue weighted by Crippen LogP contribution is 2.52. The summed E-state index contributed by atoms with van der Waals surface area (Å²) in [7, 11) is 0. The molecule has 0 aromatic heterocycles. The van der Waals surface area contributed by atoms with Crippen LogP contribution in [-0.4, -0.2) is 11.2 Å². The molecule has 1 N–H and O–H groups in total. The third kappa shape index (κ3) is 1.43. The molecule has 76 valence electrons. The zero-order valence-corrected chi connectivity index (χ0v) is 8.68. The second-order valence-electron chi connectivity index (χ2n) is 3.96. The largest absolute Gasteiger partial charge is 0.392 e. The zero-order chi connectivity index (χ0) is 10.3. The summed E-state index contributed by atoms with van der Waals surface area (Å²) >= 11 is 5.95. The van der Waals surface area contributed by atoms with Gasteiger partial charge in [-0.3, -0.25) is 0 Å². The summed E-state index contributed by atoms with van der Waals surface area (Å²) in [6.45, 7) is 1.76. The molecular formula is C11H12ClFO. The fraction of sp³-hybridized carbons (Fsp3) is 0.455. The molecule has 1 nitrogen and oxygen atoms in total. The van der Waals surface area contributed by atoms with Crippen LogP contribution in [0.2, 0.25) is 5.02 Å². The van der Waals surface area contributed by atoms with Crippen LogP contribution in [0.25, 0.3) is 0 Å². The van der Waals surface area contributed by atoms with E-state index in [0.29, 0.717) is 5.02 Å². The minimum atomic E-state index is -0.425. The van der Waals surface area contributed by atoms with Gasteiger partial charge in [-0.2, -0.15) is 0 Å². The monoisotopic (exact) mass is 214 g/mol. The first-order chi connectivity index (χ1) is 6.56. The predicted octanol–water partition coefficient (Wildman–Crippen LogP) is 2.89. The third-order valence-electron chi connectivity index (χ3n) is 3.06. The van der Waals surface area contributed by atoms with E-state index in [9.17, 15) is 9.50 Å². The molecule has 1 aliphatic carbocycles. The molecule has 1 aromatic rings. The van der Waals surface area contributed by atoms with Crippen LogP contribution in [0.3, 0.4) is 0 Å². The molecule has 0 radical (unpaired) electrons. The first-order valence-corrected chi connectivity index (χ1v) is 5.08. The summed E-state index contributed by atoms with van der Waals surface area (Å²) in [5, 5.41) is 10.1. The number of benzene rings is 1. The van der Waals surface area contributed by atoms with Gasteiger partial charge in [0.15, 0.2) is 0 Å². The minimum absolute atomic E-state index is 0.217. The van der Waals surface area contributed by atoms with Gasteiger partial charge in [-0.15, -0.1) is 0 Å². The molecule has 1 aliphatic rings. The Kier molecular flexibility index (Phi) is 2.28. The summed E-state index contributed by atoms with van der Waals surface area (Å²) in [4.78, 5) is 0. The van der Waals surface area contributed by atoms with Crippen LogP contribution in [0.5, 0.6) is 0 Å². The van der Waals surface area contributed by atoms with Gasteiger partial charge in [0.05, 0.1) is 6.10 Å². The Balaban J connectivity index is 2.42. The van der Waals surface area contributed by atoms with Crippen molar-refractivity contribution >= 4 is 11.6 Å². The van der Waals surface area contributed by atoms with Crippen LogP contribution in [0.1, 0.15) is 25.3 Å². The van der Waals surface area contributed by atoms with Crippen molar-refractivity contribution in [2.45, 2.75) is 31.3 Å². The maximum atomic E-state index is 12.8. The maximum absolute atomic E-state index is 12.8. The lowest BCUT2D eigenvalue weighted by atomic mass is 9.91. The molecule has 14 heavy (non-hydrogen) atoms. The number of hydrogen-bond acceptors (Lipinski definition) is 1. The van der Waals surface area contributed by atoms with Crippen LogP contribution >= 0.6 is 11.6 Å². The highest BCUT2D eigenvalue weighted by Gasteiger charge is 2.49. The summed E-state index contributed by atoms with van der Waals surface area (Å²) in [5.74, 6) is -0.333. The van der Waals surface area contributed by atoms with E-state index in [4.69, 9.17) is 11.6 Å². The molecular weight excluding hydrogens is 203 g/mol. The van der Waals surface area contributed by atoms with Crippen LogP contribution in [0, 0.1) is 5.82 Å². The van der Waals surface area contributed by atoms with Crippen molar-refractivity contribution in [2.24, 2.45) is 0 Å². The Labute approximate surface area is 87.5 Å². The molecule has 0 heterocycles. The minimum Gasteiger partial charge on any atom is -0.392 e.